The molecular weight excluding hydrogens is 440 g/mol. The van der Waals surface area contributed by atoms with Gasteiger partial charge in [0.1, 0.15) is 24.4 Å². The van der Waals surface area contributed by atoms with Crippen molar-refractivity contribution in [3.63, 3.8) is 0 Å². The van der Waals surface area contributed by atoms with Crippen LogP contribution in [0.4, 0.5) is 0 Å². The van der Waals surface area contributed by atoms with Crippen molar-refractivity contribution in [2.45, 2.75) is 62.7 Å². The van der Waals surface area contributed by atoms with Gasteiger partial charge in [0, 0.05) is 18.6 Å². The first kappa shape index (κ1) is 26.5. The molecule has 2 aliphatic rings. The highest BCUT2D eigenvalue weighted by atomic mass is 16.8. The van der Waals surface area contributed by atoms with E-state index in [1.165, 1.54) is 7.11 Å². The number of methoxy groups -OCH3 is 1. The number of hydrogen-bond acceptors (Lipinski definition) is 8. The Kier molecular flexibility index (Phi) is 11.2. The van der Waals surface area contributed by atoms with E-state index in [0.717, 1.165) is 24.8 Å². The highest BCUT2D eigenvalue weighted by Gasteiger charge is 2.51. The molecule has 1 aromatic carbocycles. The first-order chi connectivity index (χ1) is 16.7. The van der Waals surface area contributed by atoms with Crippen LogP contribution >= 0.6 is 0 Å². The second kappa shape index (κ2) is 14.4. The zero-order valence-corrected chi connectivity index (χ0v) is 19.8. The molecule has 2 heterocycles. The van der Waals surface area contributed by atoms with E-state index < -0.39 is 30.9 Å². The molecule has 3 rings (SSSR count). The fourth-order valence-corrected chi connectivity index (χ4v) is 4.03. The lowest BCUT2D eigenvalue weighted by atomic mass is 9.97. The van der Waals surface area contributed by atoms with Crippen LogP contribution in [-0.2, 0) is 38.0 Å². The van der Waals surface area contributed by atoms with Gasteiger partial charge in [-0.15, -0.1) is 13.2 Å². The largest absolute Gasteiger partial charge is 0.469 e. The number of fused-ring (bicyclic) bond motifs is 1. The zero-order valence-electron chi connectivity index (χ0n) is 19.8. The third-order valence-corrected chi connectivity index (χ3v) is 5.70. The highest BCUT2D eigenvalue weighted by molar-refractivity contribution is 5.68. The normalized spacial score (nSPS) is 28.6. The average molecular weight is 477 g/mol. The third kappa shape index (κ3) is 7.46. The average Bonchev–Trinajstić information content (AvgIpc) is 2.88. The molecule has 2 saturated heterocycles. The molecule has 8 heteroatoms. The molecule has 0 aliphatic carbocycles. The topological polar surface area (TPSA) is 81.7 Å². The molecule has 188 valence electrons. The molecule has 2 aliphatic heterocycles. The Hall–Kier alpha value is -2.07. The SMILES string of the molecule is C=CCO[C@H]1[C@H]2OC(c3ccccc3)OC[C@H]2O[C@@H](OCCCCCC(=O)OC)[C@@H]1OCC=C. The first-order valence-corrected chi connectivity index (χ1v) is 11.8. The Balaban J connectivity index is 1.65. The van der Waals surface area contributed by atoms with Crippen LogP contribution in [0.15, 0.2) is 55.6 Å². The summed E-state index contributed by atoms with van der Waals surface area (Å²) in [6.45, 7) is 8.98. The van der Waals surface area contributed by atoms with Crippen molar-refractivity contribution >= 4 is 5.97 Å². The van der Waals surface area contributed by atoms with Gasteiger partial charge in [0.2, 0.25) is 0 Å². The van der Waals surface area contributed by atoms with E-state index in [1.807, 2.05) is 30.3 Å². The summed E-state index contributed by atoms with van der Waals surface area (Å²) in [4.78, 5) is 11.3. The van der Waals surface area contributed by atoms with E-state index in [9.17, 15) is 4.79 Å². The maximum atomic E-state index is 11.3. The molecule has 1 aromatic rings. The fourth-order valence-electron chi connectivity index (χ4n) is 4.03. The predicted octanol–water partition coefficient (Wildman–Crippen LogP) is 3.72. The summed E-state index contributed by atoms with van der Waals surface area (Å²) in [7, 11) is 1.40. The van der Waals surface area contributed by atoms with Crippen molar-refractivity contribution in [3.8, 4) is 0 Å². The molecule has 0 saturated carbocycles. The summed E-state index contributed by atoms with van der Waals surface area (Å²) in [5, 5.41) is 0. The van der Waals surface area contributed by atoms with E-state index >= 15 is 0 Å². The van der Waals surface area contributed by atoms with Crippen LogP contribution in [0.3, 0.4) is 0 Å². The van der Waals surface area contributed by atoms with Gasteiger partial charge in [0.05, 0.1) is 26.9 Å². The molecule has 0 amide bonds. The standard InChI is InChI=1S/C26H36O8/c1-4-15-29-23-22-20(18-32-25(34-22)19-12-8-6-9-13-19)33-26(24(23)30-16-5-2)31-17-11-7-10-14-21(27)28-3/h4-6,8-9,12-13,20,22-26H,1-2,7,10-11,14-18H2,3H3/t20-,22+,23+,24-,25?,26-/m1/s1. The van der Waals surface area contributed by atoms with Crippen LogP contribution in [-0.4, -0.2) is 70.2 Å². The summed E-state index contributed by atoms with van der Waals surface area (Å²) in [5.41, 5.74) is 0.928. The van der Waals surface area contributed by atoms with Gasteiger partial charge in [0.15, 0.2) is 12.6 Å². The van der Waals surface area contributed by atoms with E-state index in [1.54, 1.807) is 12.2 Å². The second-order valence-electron chi connectivity index (χ2n) is 8.15. The number of hydrogen-bond donors (Lipinski definition) is 0. The number of carbonyl (C=O) groups is 1. The second-order valence-corrected chi connectivity index (χ2v) is 8.15. The molecule has 8 nitrogen and oxygen atoms in total. The number of benzene rings is 1. The predicted molar refractivity (Wildman–Crippen MR) is 125 cm³/mol. The maximum Gasteiger partial charge on any atom is 0.305 e. The van der Waals surface area contributed by atoms with Crippen molar-refractivity contribution in [1.82, 2.24) is 0 Å². The van der Waals surface area contributed by atoms with Gasteiger partial charge in [-0.25, -0.2) is 0 Å². The lowest BCUT2D eigenvalue weighted by Gasteiger charge is -2.48. The summed E-state index contributed by atoms with van der Waals surface area (Å²) >= 11 is 0. The number of ether oxygens (including phenoxy) is 7. The fraction of sp³-hybridized carbons (Fsp3) is 0.577. The molecule has 34 heavy (non-hydrogen) atoms. The number of esters is 1. The minimum Gasteiger partial charge on any atom is -0.469 e. The van der Waals surface area contributed by atoms with E-state index in [4.69, 9.17) is 28.4 Å². The Morgan fingerprint density at radius 1 is 1.00 bits per heavy atom. The van der Waals surface area contributed by atoms with Gasteiger partial charge in [-0.3, -0.25) is 4.79 Å². The van der Waals surface area contributed by atoms with Gasteiger partial charge < -0.3 is 33.2 Å². The molecule has 6 atom stereocenters. The monoisotopic (exact) mass is 476 g/mol. The quantitative estimate of drug-likeness (QED) is 0.228. The molecule has 0 aromatic heterocycles. The lowest BCUT2D eigenvalue weighted by molar-refractivity contribution is -0.368. The Morgan fingerprint density at radius 3 is 2.44 bits per heavy atom. The number of unbranched alkanes of at least 4 members (excludes halogenated alkanes) is 2. The molecule has 0 bridgehead atoms. The van der Waals surface area contributed by atoms with Crippen molar-refractivity contribution in [2.24, 2.45) is 0 Å². The van der Waals surface area contributed by atoms with Crippen molar-refractivity contribution in [3.05, 3.63) is 61.2 Å². The summed E-state index contributed by atoms with van der Waals surface area (Å²) < 4.78 is 41.5. The number of carbonyl (C=O) groups excluding carboxylic acids is 1. The van der Waals surface area contributed by atoms with E-state index in [0.29, 0.717) is 32.8 Å². The minimum absolute atomic E-state index is 0.200. The van der Waals surface area contributed by atoms with Crippen molar-refractivity contribution < 1.29 is 38.0 Å². The van der Waals surface area contributed by atoms with Gasteiger partial charge >= 0.3 is 5.97 Å². The third-order valence-electron chi connectivity index (χ3n) is 5.70. The van der Waals surface area contributed by atoms with Crippen LogP contribution in [0.1, 0.15) is 37.5 Å². The van der Waals surface area contributed by atoms with Crippen molar-refractivity contribution in [2.75, 3.05) is 33.5 Å². The van der Waals surface area contributed by atoms with Crippen molar-refractivity contribution in [1.29, 1.82) is 0 Å². The van der Waals surface area contributed by atoms with Gasteiger partial charge in [-0.2, -0.15) is 0 Å². The van der Waals surface area contributed by atoms with Crippen LogP contribution in [0.25, 0.3) is 0 Å². The Morgan fingerprint density at radius 2 is 1.74 bits per heavy atom. The molecule has 0 spiro atoms. The smallest absolute Gasteiger partial charge is 0.305 e. The summed E-state index contributed by atoms with van der Waals surface area (Å²) in [6, 6.07) is 9.77. The van der Waals surface area contributed by atoms with Gasteiger partial charge in [-0.1, -0.05) is 48.9 Å². The molecule has 0 radical (unpaired) electrons. The maximum absolute atomic E-state index is 11.3. The number of rotatable bonds is 14. The van der Waals surface area contributed by atoms with Crippen LogP contribution in [0, 0.1) is 0 Å². The molecule has 0 N–H and O–H groups in total. The minimum atomic E-state index is -0.655. The zero-order chi connectivity index (χ0) is 24.2. The van der Waals surface area contributed by atoms with Crippen LogP contribution in [0.5, 0.6) is 0 Å². The molecular formula is C26H36O8. The highest BCUT2D eigenvalue weighted by Crippen LogP contribution is 2.36. The summed E-state index contributed by atoms with van der Waals surface area (Å²) in [5.74, 6) is -0.200. The Bertz CT molecular complexity index is 754. The molecule has 2 fully saturated rings. The van der Waals surface area contributed by atoms with E-state index in [-0.39, 0.29) is 12.1 Å². The van der Waals surface area contributed by atoms with Gasteiger partial charge in [-0.05, 0) is 12.8 Å². The van der Waals surface area contributed by atoms with Gasteiger partial charge in [0.25, 0.3) is 0 Å². The van der Waals surface area contributed by atoms with E-state index in [2.05, 4.69) is 17.9 Å². The first-order valence-electron chi connectivity index (χ1n) is 11.8. The molecule has 1 unspecified atom stereocenters. The Labute approximate surface area is 201 Å². The lowest BCUT2D eigenvalue weighted by Crippen LogP contribution is -2.63. The summed E-state index contributed by atoms with van der Waals surface area (Å²) in [6.07, 6.45) is 3.21. The van der Waals surface area contributed by atoms with Crippen LogP contribution in [0.2, 0.25) is 0 Å². The van der Waals surface area contributed by atoms with Crippen LogP contribution < -0.4 is 0 Å².